The lowest BCUT2D eigenvalue weighted by molar-refractivity contribution is -0.132. The van der Waals surface area contributed by atoms with E-state index in [9.17, 15) is 14.7 Å². The molecule has 1 N–H and O–H groups in total. The number of thiazole rings is 1. The number of halogens is 3. The van der Waals surface area contributed by atoms with Crippen LogP contribution in [-0.2, 0) is 9.59 Å². The summed E-state index contributed by atoms with van der Waals surface area (Å²) in [5.41, 5.74) is 1.37. The summed E-state index contributed by atoms with van der Waals surface area (Å²) in [5.74, 6) is -1.45. The summed E-state index contributed by atoms with van der Waals surface area (Å²) in [5, 5.41) is 12.8. The molecule has 1 fully saturated rings. The molecule has 1 atom stereocenters. The lowest BCUT2D eigenvalue weighted by atomic mass is 9.95. The first-order chi connectivity index (χ1) is 17.8. The minimum atomic E-state index is -0.994. The van der Waals surface area contributed by atoms with Crippen LogP contribution >= 0.6 is 46.1 Å². The highest BCUT2D eigenvalue weighted by atomic mass is 35.5. The van der Waals surface area contributed by atoms with Crippen molar-refractivity contribution in [1.82, 2.24) is 4.98 Å². The number of aromatic nitrogens is 1. The molecule has 1 aliphatic rings. The fourth-order valence-corrected chi connectivity index (χ4v) is 5.70. The van der Waals surface area contributed by atoms with Crippen molar-refractivity contribution in [3.63, 3.8) is 0 Å². The molecule has 1 saturated heterocycles. The summed E-state index contributed by atoms with van der Waals surface area (Å²) in [4.78, 5) is 32.7. The van der Waals surface area contributed by atoms with Crippen LogP contribution in [0.15, 0.2) is 66.2 Å². The Morgan fingerprint density at radius 1 is 1.05 bits per heavy atom. The molecule has 188 valence electrons. The van der Waals surface area contributed by atoms with Gasteiger partial charge in [0.2, 0.25) is 0 Å². The predicted molar refractivity (Wildman–Crippen MR) is 148 cm³/mol. The Morgan fingerprint density at radius 2 is 1.86 bits per heavy atom. The smallest absolute Gasteiger partial charge is 0.301 e. The molecule has 37 heavy (non-hydrogen) atoms. The van der Waals surface area contributed by atoms with Gasteiger partial charge in [-0.25, -0.2) is 4.98 Å². The number of ketones is 1. The van der Waals surface area contributed by atoms with Gasteiger partial charge in [-0.2, -0.15) is 0 Å². The van der Waals surface area contributed by atoms with Gasteiger partial charge < -0.3 is 9.84 Å². The van der Waals surface area contributed by atoms with Crippen LogP contribution in [0.25, 0.3) is 16.0 Å². The second-order valence-electron chi connectivity index (χ2n) is 8.33. The Morgan fingerprint density at radius 3 is 2.62 bits per heavy atom. The van der Waals surface area contributed by atoms with E-state index in [1.54, 1.807) is 60.7 Å². The van der Waals surface area contributed by atoms with Crippen LogP contribution < -0.4 is 9.64 Å². The Labute approximate surface area is 231 Å². The molecule has 0 radical (unpaired) electrons. The summed E-state index contributed by atoms with van der Waals surface area (Å²) in [6, 6.07) is 15.7. The molecule has 6 nitrogen and oxygen atoms in total. The number of hydrogen-bond donors (Lipinski definition) is 1. The minimum absolute atomic E-state index is 0.0895. The fourth-order valence-electron chi connectivity index (χ4n) is 4.13. The maximum Gasteiger partial charge on any atom is 0.301 e. The summed E-state index contributed by atoms with van der Waals surface area (Å²) in [6.45, 7) is 2.48. The summed E-state index contributed by atoms with van der Waals surface area (Å²) in [7, 11) is 0. The van der Waals surface area contributed by atoms with Crippen LogP contribution in [0.1, 0.15) is 30.5 Å². The van der Waals surface area contributed by atoms with Crippen molar-refractivity contribution in [2.45, 2.75) is 19.4 Å². The fraction of sp³-hybridized carbons (Fsp3) is 0.148. The van der Waals surface area contributed by atoms with Crippen molar-refractivity contribution in [2.75, 3.05) is 11.5 Å². The first-order valence-electron chi connectivity index (χ1n) is 11.3. The molecule has 10 heteroatoms. The number of Topliss-reactive ketones (excluding diaryl/α,β-unsaturated/α-hetero) is 1. The van der Waals surface area contributed by atoms with E-state index >= 15 is 0 Å². The van der Waals surface area contributed by atoms with Gasteiger partial charge in [-0.05, 0) is 54.4 Å². The highest BCUT2D eigenvalue weighted by Gasteiger charge is 2.48. The predicted octanol–water partition coefficient (Wildman–Crippen LogP) is 7.67. The van der Waals surface area contributed by atoms with Crippen molar-refractivity contribution in [3.8, 4) is 5.75 Å². The molecule has 1 aromatic heterocycles. The third kappa shape index (κ3) is 4.80. The van der Waals surface area contributed by atoms with Crippen LogP contribution in [-0.4, -0.2) is 28.4 Å². The summed E-state index contributed by atoms with van der Waals surface area (Å²) >= 11 is 19.8. The van der Waals surface area contributed by atoms with E-state index < -0.39 is 17.7 Å². The third-order valence-corrected chi connectivity index (χ3v) is 7.82. The van der Waals surface area contributed by atoms with Gasteiger partial charge in [0.25, 0.3) is 5.78 Å². The third-order valence-electron chi connectivity index (χ3n) is 5.83. The molecule has 5 rings (SSSR count). The van der Waals surface area contributed by atoms with Gasteiger partial charge in [0.15, 0.2) is 5.13 Å². The number of fused-ring (bicyclic) bond motifs is 1. The molecule has 0 aliphatic carbocycles. The molecule has 3 aromatic carbocycles. The maximum absolute atomic E-state index is 13.4. The number of nitrogens with zero attached hydrogens (tertiary/aromatic N) is 2. The van der Waals surface area contributed by atoms with E-state index in [1.807, 2.05) is 6.92 Å². The number of ether oxygens (including phenoxy) is 1. The van der Waals surface area contributed by atoms with Gasteiger partial charge in [0.05, 0.1) is 38.5 Å². The van der Waals surface area contributed by atoms with Crippen molar-refractivity contribution < 1.29 is 19.4 Å². The van der Waals surface area contributed by atoms with Crippen LogP contribution in [0.4, 0.5) is 5.13 Å². The average molecular weight is 574 g/mol. The number of carbonyl (C=O) groups is 2. The summed E-state index contributed by atoms with van der Waals surface area (Å²) < 4.78 is 6.43. The lowest BCUT2D eigenvalue weighted by Crippen LogP contribution is -2.29. The lowest BCUT2D eigenvalue weighted by Gasteiger charge is -2.23. The molecule has 0 spiro atoms. The second kappa shape index (κ2) is 10.3. The standard InChI is InChI=1S/C27H19Cl3N2O4S/c1-2-10-36-17-5-3-4-15(11-17)24(33)22-23(14-6-8-18(29)19(30)12-14)32(26(35)25(22)34)27-31-20-9-7-16(28)13-21(20)37-27/h3-9,11-13,23,33H,2,10H2,1H3/b24-22+. The van der Waals surface area contributed by atoms with Crippen LogP contribution in [0.3, 0.4) is 0 Å². The van der Waals surface area contributed by atoms with E-state index in [0.717, 1.165) is 11.1 Å². The first kappa shape index (κ1) is 25.5. The summed E-state index contributed by atoms with van der Waals surface area (Å²) in [6.07, 6.45) is 0.812. The molecule has 1 aliphatic heterocycles. The van der Waals surface area contributed by atoms with Crippen molar-refractivity contribution >= 4 is 78.9 Å². The van der Waals surface area contributed by atoms with E-state index in [0.29, 0.717) is 39.0 Å². The first-order valence-corrected chi connectivity index (χ1v) is 13.3. The number of anilines is 1. The molecule has 1 unspecified atom stereocenters. The van der Waals surface area contributed by atoms with E-state index in [1.165, 1.54) is 16.2 Å². The van der Waals surface area contributed by atoms with E-state index in [-0.39, 0.29) is 21.5 Å². The zero-order chi connectivity index (χ0) is 26.3. The quantitative estimate of drug-likeness (QED) is 0.145. The van der Waals surface area contributed by atoms with Gasteiger partial charge in [-0.1, -0.05) is 71.3 Å². The Kier molecular flexibility index (Phi) is 7.14. The number of rotatable bonds is 6. The molecular formula is C27H19Cl3N2O4S. The number of carbonyl (C=O) groups excluding carboxylic acids is 2. The van der Waals surface area contributed by atoms with Gasteiger partial charge in [0, 0.05) is 10.6 Å². The molecule has 0 saturated carbocycles. The van der Waals surface area contributed by atoms with E-state index in [2.05, 4.69) is 4.98 Å². The van der Waals surface area contributed by atoms with Gasteiger partial charge >= 0.3 is 5.91 Å². The van der Waals surface area contributed by atoms with Gasteiger partial charge in [0.1, 0.15) is 11.5 Å². The zero-order valence-corrected chi connectivity index (χ0v) is 22.5. The number of hydrogen-bond acceptors (Lipinski definition) is 6. The molecule has 4 aromatic rings. The Balaban J connectivity index is 1.70. The second-order valence-corrected chi connectivity index (χ2v) is 10.6. The molecule has 1 amide bonds. The average Bonchev–Trinajstić information content (AvgIpc) is 3.41. The Hall–Kier alpha value is -3.10. The topological polar surface area (TPSA) is 79.7 Å². The highest BCUT2D eigenvalue weighted by molar-refractivity contribution is 7.22. The minimum Gasteiger partial charge on any atom is -0.507 e. The number of aliphatic hydroxyl groups excluding tert-OH is 1. The molecular weight excluding hydrogens is 555 g/mol. The largest absolute Gasteiger partial charge is 0.507 e. The Bertz CT molecular complexity index is 1580. The van der Waals surface area contributed by atoms with E-state index in [4.69, 9.17) is 39.5 Å². The number of benzene rings is 3. The van der Waals surface area contributed by atoms with Crippen molar-refractivity contribution in [2.24, 2.45) is 0 Å². The van der Waals surface area contributed by atoms with Crippen LogP contribution in [0.2, 0.25) is 15.1 Å². The zero-order valence-electron chi connectivity index (χ0n) is 19.4. The van der Waals surface area contributed by atoms with Gasteiger partial charge in [-0.15, -0.1) is 0 Å². The molecule has 2 heterocycles. The monoisotopic (exact) mass is 572 g/mol. The number of amides is 1. The van der Waals surface area contributed by atoms with Gasteiger partial charge in [-0.3, -0.25) is 14.5 Å². The SMILES string of the molecule is CCCOc1cccc(/C(O)=C2\C(=O)C(=O)N(c3nc4ccc(Cl)cc4s3)C2c2ccc(Cl)c(Cl)c2)c1. The highest BCUT2D eigenvalue weighted by Crippen LogP contribution is 2.45. The molecule has 0 bridgehead atoms. The normalized spacial score (nSPS) is 17.1. The number of aliphatic hydroxyl groups is 1. The van der Waals surface area contributed by atoms with Crippen LogP contribution in [0, 0.1) is 0 Å². The van der Waals surface area contributed by atoms with Crippen molar-refractivity contribution in [3.05, 3.63) is 92.4 Å². The van der Waals surface area contributed by atoms with Crippen LogP contribution in [0.5, 0.6) is 5.75 Å². The maximum atomic E-state index is 13.4. The van der Waals surface area contributed by atoms with Crippen molar-refractivity contribution in [1.29, 1.82) is 0 Å².